The summed E-state index contributed by atoms with van der Waals surface area (Å²) < 4.78 is 54.5. The lowest BCUT2D eigenvalue weighted by Gasteiger charge is -2.09. The second-order valence-electron chi connectivity index (χ2n) is 4.68. The summed E-state index contributed by atoms with van der Waals surface area (Å²) in [6, 6.07) is 1.35. The first-order valence-electron chi connectivity index (χ1n) is 5.92. The van der Waals surface area contributed by atoms with Crippen molar-refractivity contribution in [3.8, 4) is 0 Å². The quantitative estimate of drug-likeness (QED) is 0.746. The molecule has 0 amide bonds. The summed E-state index contributed by atoms with van der Waals surface area (Å²) in [6.07, 6.45) is 0.478. The van der Waals surface area contributed by atoms with Crippen molar-refractivity contribution < 1.29 is 21.3 Å². The molecule has 10 heteroatoms. The molecule has 2 rings (SSSR count). The van der Waals surface area contributed by atoms with Gasteiger partial charge in [-0.15, -0.1) is 0 Å². The van der Waals surface area contributed by atoms with Gasteiger partial charge in [-0.25, -0.2) is 21.6 Å². The van der Waals surface area contributed by atoms with Gasteiger partial charge in [-0.05, 0) is 28.3 Å². The fourth-order valence-electron chi connectivity index (χ4n) is 2.02. The van der Waals surface area contributed by atoms with E-state index in [1.807, 2.05) is 0 Å². The van der Waals surface area contributed by atoms with Gasteiger partial charge in [0.25, 0.3) is 0 Å². The van der Waals surface area contributed by atoms with Gasteiger partial charge in [-0.1, -0.05) is 0 Å². The van der Waals surface area contributed by atoms with Gasteiger partial charge in [0.2, 0.25) is 10.0 Å². The van der Waals surface area contributed by atoms with Crippen LogP contribution in [0.2, 0.25) is 0 Å². The van der Waals surface area contributed by atoms with Gasteiger partial charge in [0.15, 0.2) is 14.5 Å². The number of furan rings is 1. The molecular formula is C10H15BrN2O5S2. The first-order chi connectivity index (χ1) is 9.23. The molecule has 1 aromatic heterocycles. The van der Waals surface area contributed by atoms with Crippen LogP contribution in [0.25, 0.3) is 0 Å². The molecule has 1 fully saturated rings. The van der Waals surface area contributed by atoms with E-state index in [1.54, 1.807) is 0 Å². The second-order valence-corrected chi connectivity index (χ2v) is 9.36. The van der Waals surface area contributed by atoms with E-state index < -0.39 is 19.9 Å². The molecule has 7 nitrogen and oxygen atoms in total. The summed E-state index contributed by atoms with van der Waals surface area (Å²) >= 11 is 3.03. The number of rotatable bonds is 5. The van der Waals surface area contributed by atoms with Crippen molar-refractivity contribution in [2.24, 2.45) is 11.7 Å². The molecule has 0 bridgehead atoms. The van der Waals surface area contributed by atoms with Crippen molar-refractivity contribution in [3.63, 3.8) is 0 Å². The molecule has 1 aliphatic rings. The Hall–Kier alpha value is -0.420. The molecular weight excluding hydrogens is 372 g/mol. The van der Waals surface area contributed by atoms with Crippen LogP contribution in [0.15, 0.2) is 20.0 Å². The van der Waals surface area contributed by atoms with Crippen molar-refractivity contribution in [1.82, 2.24) is 4.72 Å². The molecule has 1 atom stereocenters. The third-order valence-electron chi connectivity index (χ3n) is 3.09. The van der Waals surface area contributed by atoms with Crippen LogP contribution in [0.3, 0.4) is 0 Å². The predicted molar refractivity (Wildman–Crippen MR) is 76.2 cm³/mol. The zero-order valence-electron chi connectivity index (χ0n) is 10.5. The number of nitrogens with one attached hydrogen (secondary N) is 1. The van der Waals surface area contributed by atoms with Gasteiger partial charge in [-0.3, -0.25) is 0 Å². The van der Waals surface area contributed by atoms with Crippen molar-refractivity contribution in [3.05, 3.63) is 16.5 Å². The minimum Gasteiger partial charge on any atom is -0.452 e. The Kier molecular flexibility index (Phi) is 4.59. The molecule has 0 aromatic carbocycles. The van der Waals surface area contributed by atoms with Crippen LogP contribution in [-0.2, 0) is 26.4 Å². The second kappa shape index (κ2) is 5.76. The summed E-state index contributed by atoms with van der Waals surface area (Å²) in [4.78, 5) is -0.0289. The average Bonchev–Trinajstić information content (AvgIpc) is 2.90. The highest BCUT2D eigenvalue weighted by atomic mass is 79.9. The largest absolute Gasteiger partial charge is 0.452 e. The SMILES string of the molecule is NCc1cc(S(=O)(=O)NCC2CCS(=O)(=O)C2)c(Br)o1. The molecule has 0 aliphatic carbocycles. The number of sulfonamides is 1. The zero-order chi connectivity index (χ0) is 15.0. The van der Waals surface area contributed by atoms with E-state index in [1.165, 1.54) is 6.07 Å². The van der Waals surface area contributed by atoms with Crippen LogP contribution in [0.4, 0.5) is 0 Å². The van der Waals surface area contributed by atoms with Gasteiger partial charge >= 0.3 is 0 Å². The maximum atomic E-state index is 12.1. The van der Waals surface area contributed by atoms with Gasteiger partial charge in [0.05, 0.1) is 18.1 Å². The molecule has 0 saturated carbocycles. The summed E-state index contributed by atoms with van der Waals surface area (Å²) in [5.74, 6) is 0.303. The monoisotopic (exact) mass is 386 g/mol. The molecule has 3 N–H and O–H groups in total. The molecule has 0 spiro atoms. The van der Waals surface area contributed by atoms with E-state index in [9.17, 15) is 16.8 Å². The van der Waals surface area contributed by atoms with Crippen LogP contribution in [-0.4, -0.2) is 34.9 Å². The fourth-order valence-corrected chi connectivity index (χ4v) is 5.99. The molecule has 20 heavy (non-hydrogen) atoms. The minimum absolute atomic E-state index is 0.0239. The predicted octanol–water partition coefficient (Wildman–Crippen LogP) is 0.214. The molecule has 1 saturated heterocycles. The average molecular weight is 387 g/mol. The van der Waals surface area contributed by atoms with E-state index in [-0.39, 0.29) is 40.1 Å². The van der Waals surface area contributed by atoms with Crippen LogP contribution in [0.1, 0.15) is 12.2 Å². The highest BCUT2D eigenvalue weighted by Gasteiger charge is 2.30. The van der Waals surface area contributed by atoms with E-state index in [0.29, 0.717) is 12.2 Å². The topological polar surface area (TPSA) is 119 Å². The summed E-state index contributed by atoms with van der Waals surface area (Å²) in [6.45, 7) is 0.187. The summed E-state index contributed by atoms with van der Waals surface area (Å²) in [5.41, 5.74) is 5.38. The lowest BCUT2D eigenvalue weighted by molar-refractivity contribution is 0.482. The smallest absolute Gasteiger partial charge is 0.244 e. The minimum atomic E-state index is -3.75. The third kappa shape index (κ3) is 3.61. The van der Waals surface area contributed by atoms with Crippen molar-refractivity contribution in [1.29, 1.82) is 0 Å². The van der Waals surface area contributed by atoms with Gasteiger partial charge in [0.1, 0.15) is 10.7 Å². The van der Waals surface area contributed by atoms with Crippen molar-refractivity contribution in [2.75, 3.05) is 18.1 Å². The van der Waals surface area contributed by atoms with E-state index in [2.05, 4.69) is 20.7 Å². The Bertz CT molecular complexity index is 695. The molecule has 114 valence electrons. The summed E-state index contributed by atoms with van der Waals surface area (Å²) in [5, 5.41) is 0. The van der Waals surface area contributed by atoms with Crippen molar-refractivity contribution >= 4 is 35.8 Å². The standard InChI is InChI=1S/C10H15BrN2O5S2/c11-10-9(3-8(4-12)18-10)20(16,17)13-5-7-1-2-19(14,15)6-7/h3,7,13H,1-2,4-6,12H2. The number of hydrogen-bond donors (Lipinski definition) is 2. The fraction of sp³-hybridized carbons (Fsp3) is 0.600. The maximum Gasteiger partial charge on any atom is 0.244 e. The molecule has 1 unspecified atom stereocenters. The zero-order valence-corrected chi connectivity index (χ0v) is 13.7. The Morgan fingerprint density at radius 2 is 2.20 bits per heavy atom. The number of nitrogens with two attached hydrogens (primary N) is 1. The van der Waals surface area contributed by atoms with Gasteiger partial charge in [-0.2, -0.15) is 0 Å². The number of halogens is 1. The lowest BCUT2D eigenvalue weighted by Crippen LogP contribution is -2.29. The molecule has 2 heterocycles. The van der Waals surface area contributed by atoms with Gasteiger partial charge < -0.3 is 10.2 Å². The number of hydrogen-bond acceptors (Lipinski definition) is 6. The van der Waals surface area contributed by atoms with Crippen LogP contribution in [0, 0.1) is 5.92 Å². The lowest BCUT2D eigenvalue weighted by atomic mass is 10.1. The normalized spacial score (nSPS) is 22.2. The van der Waals surface area contributed by atoms with Gasteiger partial charge in [0, 0.05) is 12.6 Å². The number of sulfone groups is 1. The van der Waals surface area contributed by atoms with E-state index in [4.69, 9.17) is 10.2 Å². The first-order valence-corrected chi connectivity index (χ1v) is 10.0. The summed E-state index contributed by atoms with van der Waals surface area (Å²) in [7, 11) is -6.76. The highest BCUT2D eigenvalue weighted by molar-refractivity contribution is 9.10. The maximum absolute atomic E-state index is 12.1. The molecule has 1 aromatic rings. The highest BCUT2D eigenvalue weighted by Crippen LogP contribution is 2.26. The Morgan fingerprint density at radius 3 is 2.70 bits per heavy atom. The molecule has 1 aliphatic heterocycles. The Labute approximate surface area is 126 Å². The Morgan fingerprint density at radius 1 is 1.50 bits per heavy atom. The Balaban J connectivity index is 2.06. The molecule has 0 radical (unpaired) electrons. The third-order valence-corrected chi connectivity index (χ3v) is 7.20. The van der Waals surface area contributed by atoms with Crippen LogP contribution < -0.4 is 10.5 Å². The first kappa shape index (κ1) is 16.0. The van der Waals surface area contributed by atoms with Crippen LogP contribution >= 0.6 is 15.9 Å². The van der Waals surface area contributed by atoms with E-state index >= 15 is 0 Å². The van der Waals surface area contributed by atoms with Crippen molar-refractivity contribution in [2.45, 2.75) is 17.9 Å². The van der Waals surface area contributed by atoms with Crippen LogP contribution in [0.5, 0.6) is 0 Å². The van der Waals surface area contributed by atoms with E-state index in [0.717, 1.165) is 0 Å².